The van der Waals surface area contributed by atoms with Crippen molar-refractivity contribution in [3.8, 4) is 0 Å². The fraction of sp³-hybridized carbons (Fsp3) is 0.312. The second kappa shape index (κ2) is 5.94. The number of benzene rings is 2. The third kappa shape index (κ3) is 4.32. The molecule has 0 radical (unpaired) electrons. The maximum Gasteiger partial charge on any atom is 0.238 e. The van der Waals surface area contributed by atoms with Crippen LogP contribution in [0.2, 0.25) is 0 Å². The molecule has 0 aliphatic heterocycles. The van der Waals surface area contributed by atoms with E-state index >= 15 is 0 Å². The molecule has 2 aromatic carbocycles. The lowest BCUT2D eigenvalue weighted by molar-refractivity contribution is -0.115. The third-order valence-electron chi connectivity index (χ3n) is 2.87. The number of hydrogen-bond donors (Lipinski definition) is 2. The normalized spacial score (nSPS) is 11.6. The lowest BCUT2D eigenvalue weighted by Gasteiger charge is -2.20. The maximum atomic E-state index is 11.9. The first-order valence-electron chi connectivity index (χ1n) is 6.58. The van der Waals surface area contributed by atoms with Crippen molar-refractivity contribution in [3.05, 3.63) is 40.9 Å². The molecule has 1 amide bonds. The van der Waals surface area contributed by atoms with Crippen molar-refractivity contribution in [1.82, 2.24) is 5.32 Å². The van der Waals surface area contributed by atoms with E-state index in [4.69, 9.17) is 0 Å². The van der Waals surface area contributed by atoms with Crippen molar-refractivity contribution in [1.29, 1.82) is 0 Å². The van der Waals surface area contributed by atoms with Crippen LogP contribution >= 0.6 is 15.9 Å². The quantitative estimate of drug-likeness (QED) is 0.892. The van der Waals surface area contributed by atoms with Crippen LogP contribution in [0, 0.1) is 0 Å². The van der Waals surface area contributed by atoms with Crippen molar-refractivity contribution >= 4 is 38.3 Å². The van der Waals surface area contributed by atoms with Crippen LogP contribution in [-0.2, 0) is 4.79 Å². The maximum absolute atomic E-state index is 11.9. The van der Waals surface area contributed by atoms with Gasteiger partial charge in [-0.3, -0.25) is 4.79 Å². The molecule has 0 bridgehead atoms. The SMILES string of the molecule is CC(C)(C)NCC(=O)Nc1ccc2cc(Br)ccc2c1. The molecule has 0 fully saturated rings. The Morgan fingerprint density at radius 3 is 2.45 bits per heavy atom. The molecule has 0 aliphatic rings. The smallest absolute Gasteiger partial charge is 0.238 e. The predicted octanol–water partition coefficient (Wildman–Crippen LogP) is 3.93. The number of amides is 1. The summed E-state index contributed by atoms with van der Waals surface area (Å²) < 4.78 is 1.05. The summed E-state index contributed by atoms with van der Waals surface area (Å²) in [6.07, 6.45) is 0. The van der Waals surface area contributed by atoms with Gasteiger partial charge in [0.25, 0.3) is 0 Å². The molecule has 2 rings (SSSR count). The minimum atomic E-state index is -0.0625. The van der Waals surface area contributed by atoms with Crippen LogP contribution in [0.4, 0.5) is 5.69 Å². The van der Waals surface area contributed by atoms with Gasteiger partial charge in [-0.1, -0.05) is 28.1 Å². The molecule has 0 spiro atoms. The Hall–Kier alpha value is -1.39. The van der Waals surface area contributed by atoms with Gasteiger partial charge < -0.3 is 10.6 Å². The Bertz CT molecular complexity index is 632. The van der Waals surface area contributed by atoms with Gasteiger partial charge in [0.2, 0.25) is 5.91 Å². The Labute approximate surface area is 127 Å². The molecule has 0 aliphatic carbocycles. The second-order valence-electron chi connectivity index (χ2n) is 5.86. The molecule has 106 valence electrons. The summed E-state index contributed by atoms with van der Waals surface area (Å²) in [4.78, 5) is 11.9. The number of nitrogens with one attached hydrogen (secondary N) is 2. The van der Waals surface area contributed by atoms with Gasteiger partial charge in [0, 0.05) is 15.7 Å². The van der Waals surface area contributed by atoms with E-state index in [1.54, 1.807) is 0 Å². The van der Waals surface area contributed by atoms with E-state index in [1.165, 1.54) is 0 Å². The zero-order chi connectivity index (χ0) is 14.8. The minimum Gasteiger partial charge on any atom is -0.325 e. The molecule has 0 saturated heterocycles. The van der Waals surface area contributed by atoms with Crippen molar-refractivity contribution in [2.24, 2.45) is 0 Å². The molecular weight excluding hydrogens is 316 g/mol. The Morgan fingerprint density at radius 1 is 1.10 bits per heavy atom. The lowest BCUT2D eigenvalue weighted by Crippen LogP contribution is -2.41. The molecule has 2 aromatic rings. The highest BCUT2D eigenvalue weighted by atomic mass is 79.9. The number of carbonyl (C=O) groups excluding carboxylic acids is 1. The van der Waals surface area contributed by atoms with E-state index in [1.807, 2.05) is 51.1 Å². The topological polar surface area (TPSA) is 41.1 Å². The van der Waals surface area contributed by atoms with Gasteiger partial charge in [-0.25, -0.2) is 0 Å². The first-order valence-corrected chi connectivity index (χ1v) is 7.37. The van der Waals surface area contributed by atoms with Crippen LogP contribution in [0.5, 0.6) is 0 Å². The Balaban J connectivity index is 2.06. The molecule has 0 aromatic heterocycles. The van der Waals surface area contributed by atoms with Crippen LogP contribution in [0.3, 0.4) is 0 Å². The van der Waals surface area contributed by atoms with Crippen LogP contribution in [-0.4, -0.2) is 18.0 Å². The van der Waals surface area contributed by atoms with Crippen molar-refractivity contribution in [3.63, 3.8) is 0 Å². The first-order chi connectivity index (χ1) is 9.33. The van der Waals surface area contributed by atoms with Crippen LogP contribution in [0.15, 0.2) is 40.9 Å². The minimum absolute atomic E-state index is 0.0311. The highest BCUT2D eigenvalue weighted by Crippen LogP contribution is 2.22. The zero-order valence-electron chi connectivity index (χ0n) is 12.0. The monoisotopic (exact) mass is 334 g/mol. The molecular formula is C16H19BrN2O. The van der Waals surface area contributed by atoms with E-state index in [-0.39, 0.29) is 11.4 Å². The fourth-order valence-electron chi connectivity index (χ4n) is 1.84. The van der Waals surface area contributed by atoms with Crippen molar-refractivity contribution < 1.29 is 4.79 Å². The molecule has 2 N–H and O–H groups in total. The highest BCUT2D eigenvalue weighted by molar-refractivity contribution is 9.10. The fourth-order valence-corrected chi connectivity index (χ4v) is 2.22. The van der Waals surface area contributed by atoms with Gasteiger partial charge in [-0.15, -0.1) is 0 Å². The van der Waals surface area contributed by atoms with Crippen molar-refractivity contribution in [2.45, 2.75) is 26.3 Å². The highest BCUT2D eigenvalue weighted by Gasteiger charge is 2.11. The van der Waals surface area contributed by atoms with E-state index in [2.05, 4.69) is 32.6 Å². The van der Waals surface area contributed by atoms with E-state index in [9.17, 15) is 4.79 Å². The van der Waals surface area contributed by atoms with Gasteiger partial charge in [0.1, 0.15) is 0 Å². The van der Waals surface area contributed by atoms with E-state index in [0.717, 1.165) is 20.9 Å². The van der Waals surface area contributed by atoms with E-state index < -0.39 is 0 Å². The number of fused-ring (bicyclic) bond motifs is 1. The molecule has 20 heavy (non-hydrogen) atoms. The molecule has 0 atom stereocenters. The summed E-state index contributed by atoms with van der Waals surface area (Å²) in [6.45, 7) is 6.42. The second-order valence-corrected chi connectivity index (χ2v) is 6.77. The first kappa shape index (κ1) is 15.0. The van der Waals surface area contributed by atoms with Gasteiger partial charge in [0.15, 0.2) is 0 Å². The van der Waals surface area contributed by atoms with Gasteiger partial charge >= 0.3 is 0 Å². The average molecular weight is 335 g/mol. The summed E-state index contributed by atoms with van der Waals surface area (Å²) >= 11 is 3.45. The number of hydrogen-bond acceptors (Lipinski definition) is 2. The van der Waals surface area contributed by atoms with Crippen LogP contribution < -0.4 is 10.6 Å². The van der Waals surface area contributed by atoms with Crippen LogP contribution in [0.25, 0.3) is 10.8 Å². The van der Waals surface area contributed by atoms with Gasteiger partial charge in [-0.05, 0) is 55.8 Å². The predicted molar refractivity (Wildman–Crippen MR) is 88.0 cm³/mol. The number of anilines is 1. The molecule has 4 heteroatoms. The molecule has 0 saturated carbocycles. The zero-order valence-corrected chi connectivity index (χ0v) is 13.5. The number of rotatable bonds is 3. The summed E-state index contributed by atoms with van der Waals surface area (Å²) in [5.41, 5.74) is 0.757. The molecule has 0 unspecified atom stereocenters. The largest absolute Gasteiger partial charge is 0.325 e. The number of halogens is 1. The lowest BCUT2D eigenvalue weighted by atomic mass is 10.1. The summed E-state index contributed by atoms with van der Waals surface area (Å²) in [5.74, 6) is -0.0311. The number of carbonyl (C=O) groups is 1. The van der Waals surface area contributed by atoms with Crippen molar-refractivity contribution in [2.75, 3.05) is 11.9 Å². The Morgan fingerprint density at radius 2 is 1.75 bits per heavy atom. The third-order valence-corrected chi connectivity index (χ3v) is 3.36. The average Bonchev–Trinajstić information content (AvgIpc) is 2.36. The Kier molecular flexibility index (Phi) is 4.45. The molecule has 3 nitrogen and oxygen atoms in total. The van der Waals surface area contributed by atoms with E-state index in [0.29, 0.717) is 6.54 Å². The van der Waals surface area contributed by atoms with Crippen LogP contribution in [0.1, 0.15) is 20.8 Å². The van der Waals surface area contributed by atoms with Gasteiger partial charge in [-0.2, -0.15) is 0 Å². The standard InChI is InChI=1S/C16H19BrN2O/c1-16(2,3)18-10-15(20)19-14-7-5-11-8-13(17)6-4-12(11)9-14/h4-9,18H,10H2,1-3H3,(H,19,20). The summed E-state index contributed by atoms with van der Waals surface area (Å²) in [6, 6.07) is 12.0. The molecule has 0 heterocycles. The summed E-state index contributed by atoms with van der Waals surface area (Å²) in [5, 5.41) is 8.33. The van der Waals surface area contributed by atoms with Gasteiger partial charge in [0.05, 0.1) is 6.54 Å². The summed E-state index contributed by atoms with van der Waals surface area (Å²) in [7, 11) is 0.